The number of fused-ring (bicyclic) bond motifs is 3. The lowest BCUT2D eigenvalue weighted by Gasteiger charge is -2.59. The van der Waals surface area contributed by atoms with E-state index in [0.29, 0.717) is 11.5 Å². The smallest absolute Gasteiger partial charge is 0.209 e. The van der Waals surface area contributed by atoms with E-state index in [1.165, 1.54) is 0 Å². The van der Waals surface area contributed by atoms with Crippen LogP contribution in [-0.2, 0) is 16.0 Å². The lowest BCUT2D eigenvalue weighted by molar-refractivity contribution is -0.171. The number of rotatable bonds is 4. The molecular weight excluding hydrogens is 616 g/mol. The van der Waals surface area contributed by atoms with Crippen molar-refractivity contribution in [2.75, 3.05) is 0 Å². The van der Waals surface area contributed by atoms with Crippen LogP contribution in [0.4, 0.5) is 0 Å². The van der Waals surface area contributed by atoms with Gasteiger partial charge in [-0.15, -0.1) is 0 Å². The van der Waals surface area contributed by atoms with Gasteiger partial charge in [-0.3, -0.25) is 14.4 Å². The van der Waals surface area contributed by atoms with Gasteiger partial charge < -0.3 is 20.4 Å². The minimum atomic E-state index is -2.66. The van der Waals surface area contributed by atoms with Crippen molar-refractivity contribution < 1.29 is 34.8 Å². The molecule has 4 aliphatic carbocycles. The van der Waals surface area contributed by atoms with E-state index in [0.717, 1.165) is 54.9 Å². The summed E-state index contributed by atoms with van der Waals surface area (Å²) in [5.74, 6) is 1.30. The fourth-order valence-electron chi connectivity index (χ4n) is 9.30. The lowest BCUT2D eigenvalue weighted by Crippen LogP contribution is -2.67. The van der Waals surface area contributed by atoms with Crippen LogP contribution in [0.2, 0.25) is 0 Å². The van der Waals surface area contributed by atoms with Crippen LogP contribution in [0.25, 0.3) is 11.1 Å². The molecular formula is C42H46O7. The Hall–Kier alpha value is -4.41. The summed E-state index contributed by atoms with van der Waals surface area (Å²) in [6, 6.07) is 9.92. The molecule has 49 heavy (non-hydrogen) atoms. The van der Waals surface area contributed by atoms with Crippen molar-refractivity contribution >= 4 is 17.3 Å². The van der Waals surface area contributed by atoms with E-state index < -0.39 is 56.8 Å². The van der Waals surface area contributed by atoms with Gasteiger partial charge in [-0.2, -0.15) is 0 Å². The number of carbonyl (C=O) groups is 3. The predicted molar refractivity (Wildman–Crippen MR) is 188 cm³/mol. The molecule has 0 fully saturated rings. The Bertz CT molecular complexity index is 1960. The molecule has 4 N–H and O–H groups in total. The highest BCUT2D eigenvalue weighted by Gasteiger charge is 2.71. The van der Waals surface area contributed by atoms with Gasteiger partial charge in [-0.05, 0) is 91.2 Å². The van der Waals surface area contributed by atoms with Crippen molar-refractivity contribution in [2.24, 2.45) is 22.7 Å². The summed E-state index contributed by atoms with van der Waals surface area (Å²) in [7, 11) is 0. The SMILES string of the molecule is CC(=O)C1=C(O)C(C(C)C)[C@@]2(C)C[C@@]3(C)Cc4c(-c5ccc(C(C)C)cc5)cc(C#CC5=CCCCC5)c(O)c4C(=O)C3=C(O)[C@@]2(O)C1=O. The van der Waals surface area contributed by atoms with Crippen LogP contribution in [0.1, 0.15) is 114 Å². The monoisotopic (exact) mass is 662 g/mol. The fraction of sp³-hybridized carbons (Fsp3) is 0.452. The standard InChI is InChI=1S/C42H46O7/c1-22(2)26-15-17-27(18-16-26)29-19-28(14-13-25-11-9-8-10-12-25)35(44)32-30(29)20-40(6)21-41(7)33(23(3)4)36(45)31(24(5)43)38(47)42(41,49)39(48)34(40)37(32)46/h11,15-19,22-23,33,44-45,48-49H,8-10,12,20-21H2,1-7H3/t33?,40-,41-,42+/m1/s1. The zero-order valence-corrected chi connectivity index (χ0v) is 29.5. The molecule has 0 bridgehead atoms. The third-order valence-electron chi connectivity index (χ3n) is 11.5. The fourth-order valence-corrected chi connectivity index (χ4v) is 9.30. The zero-order chi connectivity index (χ0) is 35.8. The number of ketones is 3. The summed E-state index contributed by atoms with van der Waals surface area (Å²) >= 11 is 0. The first kappa shape index (κ1) is 34.5. The molecule has 0 radical (unpaired) electrons. The summed E-state index contributed by atoms with van der Waals surface area (Å²) in [5, 5.41) is 47.7. The molecule has 6 rings (SSSR count). The number of aliphatic hydroxyl groups excluding tert-OH is 2. The highest BCUT2D eigenvalue weighted by atomic mass is 16.3. The van der Waals surface area contributed by atoms with Gasteiger partial charge in [0.1, 0.15) is 22.8 Å². The van der Waals surface area contributed by atoms with Crippen LogP contribution in [0, 0.1) is 34.5 Å². The summed E-state index contributed by atoms with van der Waals surface area (Å²) in [4.78, 5) is 41.6. The summed E-state index contributed by atoms with van der Waals surface area (Å²) < 4.78 is 0. The molecule has 256 valence electrons. The van der Waals surface area contributed by atoms with E-state index in [-0.39, 0.29) is 41.2 Å². The number of benzene rings is 2. The summed E-state index contributed by atoms with van der Waals surface area (Å²) in [6.45, 7) is 12.5. The molecule has 0 aromatic heterocycles. The maximum absolute atomic E-state index is 14.8. The van der Waals surface area contributed by atoms with E-state index in [4.69, 9.17) is 0 Å². The van der Waals surface area contributed by atoms with Crippen molar-refractivity contribution in [2.45, 2.75) is 98.5 Å². The van der Waals surface area contributed by atoms with Crippen LogP contribution in [0.15, 0.2) is 64.6 Å². The van der Waals surface area contributed by atoms with Crippen molar-refractivity contribution in [1.29, 1.82) is 0 Å². The van der Waals surface area contributed by atoms with Crippen molar-refractivity contribution in [1.82, 2.24) is 0 Å². The second-order valence-corrected chi connectivity index (χ2v) is 15.6. The molecule has 2 aromatic rings. The maximum Gasteiger partial charge on any atom is 0.209 e. The van der Waals surface area contributed by atoms with Crippen molar-refractivity contribution in [3.05, 3.63) is 86.9 Å². The minimum absolute atomic E-state index is 0.0209. The highest BCUT2D eigenvalue weighted by molar-refractivity contribution is 6.25. The lowest BCUT2D eigenvalue weighted by atomic mass is 9.44. The first-order valence-electron chi connectivity index (χ1n) is 17.4. The Morgan fingerprint density at radius 2 is 1.65 bits per heavy atom. The maximum atomic E-state index is 14.8. The number of allylic oxidation sites excluding steroid dienone is 4. The van der Waals surface area contributed by atoms with Gasteiger partial charge in [0.2, 0.25) is 5.78 Å². The molecule has 0 spiro atoms. The quantitative estimate of drug-likeness (QED) is 0.193. The van der Waals surface area contributed by atoms with Crippen LogP contribution in [-0.4, -0.2) is 43.4 Å². The Balaban J connectivity index is 1.62. The largest absolute Gasteiger partial charge is 0.511 e. The highest BCUT2D eigenvalue weighted by Crippen LogP contribution is 2.65. The molecule has 0 saturated carbocycles. The Kier molecular flexibility index (Phi) is 8.35. The molecule has 7 nitrogen and oxygen atoms in total. The van der Waals surface area contributed by atoms with E-state index in [1.807, 2.05) is 51.1 Å². The zero-order valence-electron chi connectivity index (χ0n) is 29.5. The molecule has 4 atom stereocenters. The Morgan fingerprint density at radius 1 is 0.980 bits per heavy atom. The molecule has 2 aromatic carbocycles. The van der Waals surface area contributed by atoms with Gasteiger partial charge in [-0.25, -0.2) is 0 Å². The van der Waals surface area contributed by atoms with Crippen LogP contribution in [0.3, 0.4) is 0 Å². The van der Waals surface area contributed by atoms with Crippen LogP contribution >= 0.6 is 0 Å². The second-order valence-electron chi connectivity index (χ2n) is 15.6. The van der Waals surface area contributed by atoms with E-state index in [9.17, 15) is 34.8 Å². The van der Waals surface area contributed by atoms with Crippen LogP contribution < -0.4 is 0 Å². The molecule has 1 unspecified atom stereocenters. The number of phenolic OH excluding ortho intramolecular Hbond substituents is 1. The predicted octanol–water partition coefficient (Wildman–Crippen LogP) is 7.99. The van der Waals surface area contributed by atoms with Gasteiger partial charge in [0.05, 0.1) is 11.1 Å². The Labute approximate surface area is 288 Å². The van der Waals surface area contributed by atoms with Gasteiger partial charge >= 0.3 is 0 Å². The average Bonchev–Trinajstić information content (AvgIpc) is 3.02. The molecule has 4 aliphatic rings. The number of Topliss-reactive ketones (excluding diaryl/α,β-unsaturated/α-hetero) is 3. The number of hydrogen-bond donors (Lipinski definition) is 4. The van der Waals surface area contributed by atoms with Gasteiger partial charge in [0, 0.05) is 22.3 Å². The number of carbonyl (C=O) groups excluding carboxylic acids is 3. The third-order valence-corrected chi connectivity index (χ3v) is 11.5. The minimum Gasteiger partial charge on any atom is -0.511 e. The average molecular weight is 663 g/mol. The summed E-state index contributed by atoms with van der Waals surface area (Å²) in [6.07, 6.45) is 6.24. The summed E-state index contributed by atoms with van der Waals surface area (Å²) in [5.41, 5.74) is -1.47. The van der Waals surface area contributed by atoms with Crippen molar-refractivity contribution in [3.63, 3.8) is 0 Å². The number of aliphatic hydroxyl groups is 3. The van der Waals surface area contributed by atoms with E-state index in [1.54, 1.807) is 6.92 Å². The second kappa shape index (κ2) is 11.9. The molecule has 0 heterocycles. The van der Waals surface area contributed by atoms with E-state index >= 15 is 0 Å². The number of phenols is 1. The Morgan fingerprint density at radius 3 is 2.22 bits per heavy atom. The van der Waals surface area contributed by atoms with Gasteiger partial charge in [0.15, 0.2) is 17.2 Å². The molecule has 0 aliphatic heterocycles. The van der Waals surface area contributed by atoms with Crippen molar-refractivity contribution in [3.8, 4) is 28.7 Å². The third kappa shape index (κ3) is 5.02. The normalized spacial score (nSPS) is 28.1. The van der Waals surface area contributed by atoms with E-state index in [2.05, 4.69) is 31.8 Å². The molecule has 7 heteroatoms. The van der Waals surface area contributed by atoms with Crippen LogP contribution in [0.5, 0.6) is 5.75 Å². The number of hydrogen-bond acceptors (Lipinski definition) is 7. The first-order chi connectivity index (χ1) is 23.0. The van der Waals surface area contributed by atoms with Gasteiger partial charge in [-0.1, -0.05) is 83.7 Å². The molecule has 0 amide bonds. The number of aromatic hydroxyl groups is 1. The topological polar surface area (TPSA) is 132 Å². The van der Waals surface area contributed by atoms with Gasteiger partial charge in [0.25, 0.3) is 0 Å². The first-order valence-corrected chi connectivity index (χ1v) is 17.4. The molecule has 0 saturated heterocycles.